The van der Waals surface area contributed by atoms with E-state index in [2.05, 4.69) is 9.97 Å². The van der Waals surface area contributed by atoms with Crippen LogP contribution in [0.15, 0.2) is 60.9 Å². The Morgan fingerprint density at radius 2 is 1.51 bits per heavy atom. The molecule has 2 aliphatic rings. The third kappa shape index (κ3) is 8.94. The Balaban J connectivity index is 1.58. The minimum Gasteiger partial charge on any atom is -0.444 e. The summed E-state index contributed by atoms with van der Waals surface area (Å²) in [5.74, 6) is 0.153. The van der Waals surface area contributed by atoms with E-state index in [-0.39, 0.29) is 30.2 Å². The fourth-order valence-corrected chi connectivity index (χ4v) is 6.45. The summed E-state index contributed by atoms with van der Waals surface area (Å²) in [5, 5.41) is 0. The third-order valence-corrected chi connectivity index (χ3v) is 8.73. The number of halogens is 6. The lowest BCUT2D eigenvalue weighted by molar-refractivity contribution is -0.143. The normalized spacial score (nSPS) is 20.7. The molecule has 1 unspecified atom stereocenters. The molecule has 266 valence electrons. The van der Waals surface area contributed by atoms with Gasteiger partial charge in [-0.05, 0) is 69.4 Å². The van der Waals surface area contributed by atoms with Crippen molar-refractivity contribution in [2.24, 2.45) is 0 Å². The summed E-state index contributed by atoms with van der Waals surface area (Å²) in [4.78, 5) is 28.3. The number of anilines is 2. The second kappa shape index (κ2) is 14.4. The molecule has 8 nitrogen and oxygen atoms in total. The van der Waals surface area contributed by atoms with E-state index in [1.807, 2.05) is 42.2 Å². The number of nitrogens with zero attached hydrogens (tertiary/aromatic N) is 5. The number of piperidine rings is 1. The van der Waals surface area contributed by atoms with Crippen LogP contribution in [-0.4, -0.2) is 64.9 Å². The van der Waals surface area contributed by atoms with Crippen molar-refractivity contribution in [3.05, 3.63) is 83.2 Å². The first-order valence-corrected chi connectivity index (χ1v) is 16.3. The molecular formula is C35H41F6N5O3. The summed E-state index contributed by atoms with van der Waals surface area (Å²) < 4.78 is 94.5. The number of likely N-dealkylation sites (tertiary alicyclic amines) is 1. The Morgan fingerprint density at radius 3 is 2.04 bits per heavy atom. The number of benzene rings is 2. The van der Waals surface area contributed by atoms with Crippen LogP contribution in [-0.2, 0) is 28.4 Å². The predicted molar refractivity (Wildman–Crippen MR) is 172 cm³/mol. The Labute approximate surface area is 282 Å². The van der Waals surface area contributed by atoms with Crippen molar-refractivity contribution in [3.63, 3.8) is 0 Å². The molecule has 0 N–H and O–H groups in total. The van der Waals surface area contributed by atoms with E-state index in [4.69, 9.17) is 9.47 Å². The van der Waals surface area contributed by atoms with Crippen molar-refractivity contribution in [1.29, 1.82) is 0 Å². The lowest BCUT2D eigenvalue weighted by Gasteiger charge is -2.48. The van der Waals surface area contributed by atoms with Gasteiger partial charge in [0.05, 0.1) is 48.5 Å². The van der Waals surface area contributed by atoms with Gasteiger partial charge < -0.3 is 19.3 Å². The highest BCUT2D eigenvalue weighted by Crippen LogP contribution is 2.41. The first kappa shape index (κ1) is 36.2. The fourth-order valence-electron chi connectivity index (χ4n) is 6.45. The summed E-state index contributed by atoms with van der Waals surface area (Å²) in [7, 11) is 0. The molecule has 1 amide bonds. The van der Waals surface area contributed by atoms with Crippen molar-refractivity contribution in [2.75, 3.05) is 36.1 Å². The topological polar surface area (TPSA) is 71.0 Å². The zero-order valence-electron chi connectivity index (χ0n) is 27.9. The molecule has 0 aliphatic carbocycles. The van der Waals surface area contributed by atoms with Gasteiger partial charge in [0.2, 0.25) is 5.95 Å². The van der Waals surface area contributed by atoms with E-state index >= 15 is 0 Å². The van der Waals surface area contributed by atoms with Crippen molar-refractivity contribution in [1.82, 2.24) is 14.9 Å². The first-order valence-electron chi connectivity index (χ1n) is 16.3. The van der Waals surface area contributed by atoms with Crippen LogP contribution in [0.1, 0.15) is 75.3 Å². The van der Waals surface area contributed by atoms with E-state index in [9.17, 15) is 31.1 Å². The number of alkyl halides is 6. The quantitative estimate of drug-likeness (QED) is 0.231. The largest absolute Gasteiger partial charge is 0.444 e. The highest BCUT2D eigenvalue weighted by atomic mass is 19.4. The number of morpholine rings is 1. The molecular weight excluding hydrogens is 652 g/mol. The van der Waals surface area contributed by atoms with Crippen LogP contribution in [0, 0.1) is 0 Å². The highest BCUT2D eigenvalue weighted by molar-refractivity contribution is 5.70. The summed E-state index contributed by atoms with van der Waals surface area (Å²) in [5.41, 5.74) is -2.21. The maximum absolute atomic E-state index is 13.9. The molecule has 3 aromatic rings. The van der Waals surface area contributed by atoms with Crippen LogP contribution in [0.3, 0.4) is 0 Å². The zero-order valence-corrected chi connectivity index (χ0v) is 27.9. The molecule has 2 saturated heterocycles. The van der Waals surface area contributed by atoms with Crippen molar-refractivity contribution in [2.45, 2.75) is 89.6 Å². The lowest BCUT2D eigenvalue weighted by Crippen LogP contribution is -2.54. The molecule has 0 spiro atoms. The van der Waals surface area contributed by atoms with Crippen molar-refractivity contribution >= 4 is 17.7 Å². The van der Waals surface area contributed by atoms with Gasteiger partial charge in [0, 0.05) is 31.7 Å². The summed E-state index contributed by atoms with van der Waals surface area (Å²) >= 11 is 0. The fraction of sp³-hybridized carbons (Fsp3) is 0.514. The molecule has 14 heteroatoms. The maximum Gasteiger partial charge on any atom is 0.416 e. The molecule has 2 aromatic carbocycles. The Bertz CT molecular complexity index is 1520. The van der Waals surface area contributed by atoms with E-state index < -0.39 is 47.3 Å². The van der Waals surface area contributed by atoms with Gasteiger partial charge in [-0.1, -0.05) is 37.3 Å². The maximum atomic E-state index is 13.9. The van der Waals surface area contributed by atoms with Crippen molar-refractivity contribution in [3.8, 4) is 0 Å². The minimum absolute atomic E-state index is 0.124. The zero-order chi connectivity index (χ0) is 35.6. The van der Waals surface area contributed by atoms with Crippen LogP contribution in [0.25, 0.3) is 0 Å². The predicted octanol–water partition coefficient (Wildman–Crippen LogP) is 8.28. The smallest absolute Gasteiger partial charge is 0.416 e. The molecule has 2 aliphatic heterocycles. The Kier molecular flexibility index (Phi) is 10.7. The van der Waals surface area contributed by atoms with E-state index in [0.29, 0.717) is 45.6 Å². The summed E-state index contributed by atoms with van der Waals surface area (Å²) in [6.07, 6.45) is -6.13. The van der Waals surface area contributed by atoms with Crippen molar-refractivity contribution < 1.29 is 40.6 Å². The number of rotatable bonds is 7. The van der Waals surface area contributed by atoms with Crippen LogP contribution in [0.4, 0.5) is 42.8 Å². The van der Waals surface area contributed by atoms with E-state index in [1.165, 1.54) is 0 Å². The van der Waals surface area contributed by atoms with Gasteiger partial charge in [0.25, 0.3) is 0 Å². The number of ether oxygens (including phenoxy) is 2. The molecule has 3 heterocycles. The molecule has 3 atom stereocenters. The van der Waals surface area contributed by atoms with Gasteiger partial charge in [-0.15, -0.1) is 0 Å². The molecule has 0 radical (unpaired) electrons. The first-order chi connectivity index (χ1) is 23.0. The lowest BCUT2D eigenvalue weighted by atomic mass is 9.85. The van der Waals surface area contributed by atoms with Gasteiger partial charge in [-0.3, -0.25) is 4.90 Å². The van der Waals surface area contributed by atoms with Gasteiger partial charge in [-0.25, -0.2) is 14.8 Å². The Morgan fingerprint density at radius 1 is 0.918 bits per heavy atom. The molecule has 0 bridgehead atoms. The minimum atomic E-state index is -5.00. The molecule has 5 rings (SSSR count). The highest BCUT2D eigenvalue weighted by Gasteiger charge is 2.43. The van der Waals surface area contributed by atoms with Gasteiger partial charge in [0.1, 0.15) is 5.60 Å². The van der Waals surface area contributed by atoms with Crippen LogP contribution in [0.5, 0.6) is 0 Å². The molecule has 49 heavy (non-hydrogen) atoms. The number of amides is 1. The molecule has 2 fully saturated rings. The Hall–Kier alpha value is -4.07. The number of hydrogen-bond acceptors (Lipinski definition) is 7. The average molecular weight is 694 g/mol. The second-order valence-corrected chi connectivity index (χ2v) is 13.4. The van der Waals surface area contributed by atoms with E-state index in [1.54, 1.807) is 43.0 Å². The van der Waals surface area contributed by atoms with Crippen LogP contribution >= 0.6 is 0 Å². The van der Waals surface area contributed by atoms with Gasteiger partial charge in [-0.2, -0.15) is 26.3 Å². The number of carbonyl (C=O) groups is 1. The van der Waals surface area contributed by atoms with Gasteiger partial charge in [0.15, 0.2) is 0 Å². The standard InChI is InChI=1S/C35H41F6N5O3/c1-5-27-18-28(19-30(24-9-7-6-8-10-24)46(27)32(47)49-33(2,3)4)45(31-42-20-29(21-43-31)44-11-13-48-14-12-44)22-23-15-25(34(36,37)38)17-26(16-23)35(39,40)41/h6-10,15-17,20-21,27-28,30H,5,11-14,18-19,22H2,1-4H3/t27-,28+,30?/m1/s1. The van der Waals surface area contributed by atoms with E-state index in [0.717, 1.165) is 23.4 Å². The average Bonchev–Trinajstić information content (AvgIpc) is 3.06. The monoisotopic (exact) mass is 693 g/mol. The SMILES string of the molecule is CC[C@@H]1C[C@H](N(Cc2cc(C(F)(F)F)cc(C(F)(F)F)c2)c2ncc(N3CCOCC3)cn2)CC(c2ccccc2)N1C(=O)OC(C)(C)C. The number of carbonyl (C=O) groups excluding carboxylic acids is 1. The van der Waals surface area contributed by atoms with Crippen LogP contribution in [0.2, 0.25) is 0 Å². The summed E-state index contributed by atoms with van der Waals surface area (Å²) in [6, 6.07) is 9.56. The summed E-state index contributed by atoms with van der Waals surface area (Å²) in [6.45, 7) is 9.22. The molecule has 0 saturated carbocycles. The van der Waals surface area contributed by atoms with Gasteiger partial charge >= 0.3 is 18.4 Å². The number of hydrogen-bond donors (Lipinski definition) is 0. The number of aromatic nitrogens is 2. The van der Waals surface area contributed by atoms with Crippen LogP contribution < -0.4 is 9.80 Å². The second-order valence-electron chi connectivity index (χ2n) is 13.4. The third-order valence-electron chi connectivity index (χ3n) is 8.73. The molecule has 1 aromatic heterocycles.